The highest BCUT2D eigenvalue weighted by Gasteiger charge is 2.19. The molecule has 0 spiro atoms. The molecule has 2 rings (SSSR count). The molecule has 1 aliphatic heterocycles. The van der Waals surface area contributed by atoms with Gasteiger partial charge in [-0.2, -0.15) is 0 Å². The Labute approximate surface area is 102 Å². The molecule has 1 fully saturated rings. The molecule has 0 aromatic carbocycles. The first-order valence-corrected chi connectivity index (χ1v) is 6.04. The van der Waals surface area contributed by atoms with Crippen LogP contribution in [-0.4, -0.2) is 42.8 Å². The molecule has 1 aliphatic rings. The lowest BCUT2D eigenvalue weighted by Gasteiger charge is -2.31. The van der Waals surface area contributed by atoms with Crippen molar-refractivity contribution in [1.29, 1.82) is 0 Å². The van der Waals surface area contributed by atoms with Crippen LogP contribution in [0.4, 0.5) is 5.95 Å². The molecular weight excluding hydrogens is 216 g/mol. The van der Waals surface area contributed by atoms with Gasteiger partial charge in [-0.15, -0.1) is 0 Å². The van der Waals surface area contributed by atoms with E-state index in [1.165, 1.54) is 0 Å². The van der Waals surface area contributed by atoms with Gasteiger partial charge < -0.3 is 15.0 Å². The Kier molecular flexibility index (Phi) is 3.91. The van der Waals surface area contributed by atoms with Gasteiger partial charge in [-0.1, -0.05) is 0 Å². The summed E-state index contributed by atoms with van der Waals surface area (Å²) < 4.78 is 5.51. The fourth-order valence-corrected chi connectivity index (χ4v) is 2.00. The molecule has 0 amide bonds. The van der Waals surface area contributed by atoms with E-state index in [0.29, 0.717) is 0 Å². The Morgan fingerprint density at radius 3 is 3.06 bits per heavy atom. The van der Waals surface area contributed by atoms with Crippen molar-refractivity contribution >= 4 is 5.95 Å². The van der Waals surface area contributed by atoms with Gasteiger partial charge in [0, 0.05) is 37.1 Å². The van der Waals surface area contributed by atoms with E-state index < -0.39 is 0 Å². The van der Waals surface area contributed by atoms with Gasteiger partial charge in [0.2, 0.25) is 5.95 Å². The second-order valence-corrected chi connectivity index (χ2v) is 4.44. The maximum Gasteiger partial charge on any atom is 0.225 e. The quantitative estimate of drug-likeness (QED) is 0.838. The Hall–Kier alpha value is -1.20. The van der Waals surface area contributed by atoms with E-state index in [2.05, 4.69) is 27.1 Å². The molecule has 0 bridgehead atoms. The van der Waals surface area contributed by atoms with Crippen molar-refractivity contribution in [2.75, 3.05) is 31.6 Å². The Bertz CT molecular complexity index is 383. The molecule has 5 heteroatoms. The van der Waals surface area contributed by atoms with Gasteiger partial charge in [-0.05, 0) is 20.9 Å². The Morgan fingerprint density at radius 2 is 2.41 bits per heavy atom. The summed E-state index contributed by atoms with van der Waals surface area (Å²) in [5.41, 5.74) is 2.20. The van der Waals surface area contributed by atoms with Gasteiger partial charge >= 0.3 is 0 Å². The zero-order valence-electron chi connectivity index (χ0n) is 10.7. The third-order valence-electron chi connectivity index (χ3n) is 2.96. The monoisotopic (exact) mass is 236 g/mol. The predicted molar refractivity (Wildman–Crippen MR) is 67.2 cm³/mol. The molecule has 0 saturated carbocycles. The lowest BCUT2D eigenvalue weighted by molar-refractivity contribution is 0.0526. The number of ether oxygens (including phenoxy) is 1. The number of morpholine rings is 1. The van der Waals surface area contributed by atoms with Crippen LogP contribution in [0.15, 0.2) is 6.20 Å². The molecule has 17 heavy (non-hydrogen) atoms. The maximum absolute atomic E-state index is 5.51. The Balaban J connectivity index is 2.13. The number of aromatic nitrogens is 2. The van der Waals surface area contributed by atoms with E-state index in [1.54, 1.807) is 0 Å². The smallest absolute Gasteiger partial charge is 0.225 e. The summed E-state index contributed by atoms with van der Waals surface area (Å²) in [6.45, 7) is 7.41. The highest BCUT2D eigenvalue weighted by Crippen LogP contribution is 2.14. The van der Waals surface area contributed by atoms with Gasteiger partial charge in [-0.3, -0.25) is 0 Å². The average Bonchev–Trinajstić information content (AvgIpc) is 2.32. The van der Waals surface area contributed by atoms with Crippen molar-refractivity contribution in [3.63, 3.8) is 0 Å². The van der Waals surface area contributed by atoms with Crippen molar-refractivity contribution in [3.05, 3.63) is 17.5 Å². The first-order chi connectivity index (χ1) is 8.20. The van der Waals surface area contributed by atoms with Gasteiger partial charge in [0.05, 0.1) is 12.7 Å². The first kappa shape index (κ1) is 12.3. The molecule has 1 N–H and O–H groups in total. The molecule has 1 saturated heterocycles. The van der Waals surface area contributed by atoms with Crippen LogP contribution in [-0.2, 0) is 11.3 Å². The summed E-state index contributed by atoms with van der Waals surface area (Å²) >= 11 is 0. The van der Waals surface area contributed by atoms with E-state index in [4.69, 9.17) is 4.74 Å². The fourth-order valence-electron chi connectivity index (χ4n) is 2.00. The number of aryl methyl sites for hydroxylation is 1. The normalized spacial score (nSPS) is 20.6. The number of nitrogens with zero attached hydrogens (tertiary/aromatic N) is 3. The molecule has 94 valence electrons. The number of hydrogen-bond donors (Lipinski definition) is 1. The van der Waals surface area contributed by atoms with Crippen LogP contribution in [0.25, 0.3) is 0 Å². The van der Waals surface area contributed by atoms with Crippen LogP contribution in [0.3, 0.4) is 0 Å². The lowest BCUT2D eigenvalue weighted by atomic mass is 10.2. The standard InChI is InChI=1S/C12H20N4O/c1-9-8-16(4-5-17-9)12-14-7-11(6-13-3)10(2)15-12/h7,9,13H,4-6,8H2,1-3H3. The van der Waals surface area contributed by atoms with Gasteiger partial charge in [-0.25, -0.2) is 9.97 Å². The molecule has 1 unspecified atom stereocenters. The number of hydrogen-bond acceptors (Lipinski definition) is 5. The molecular formula is C12H20N4O. The topological polar surface area (TPSA) is 50.3 Å². The minimum atomic E-state index is 0.254. The van der Waals surface area contributed by atoms with Crippen molar-refractivity contribution < 1.29 is 4.74 Å². The summed E-state index contributed by atoms with van der Waals surface area (Å²) in [6, 6.07) is 0. The third-order valence-corrected chi connectivity index (χ3v) is 2.96. The largest absolute Gasteiger partial charge is 0.375 e. The van der Waals surface area contributed by atoms with Crippen LogP contribution in [0.2, 0.25) is 0 Å². The van der Waals surface area contributed by atoms with Crippen LogP contribution >= 0.6 is 0 Å². The third kappa shape index (κ3) is 2.92. The minimum absolute atomic E-state index is 0.254. The summed E-state index contributed by atoms with van der Waals surface area (Å²) in [5, 5.41) is 3.12. The van der Waals surface area contributed by atoms with E-state index in [1.807, 2.05) is 20.2 Å². The average molecular weight is 236 g/mol. The summed E-state index contributed by atoms with van der Waals surface area (Å²) in [7, 11) is 1.93. The van der Waals surface area contributed by atoms with E-state index in [-0.39, 0.29) is 6.10 Å². The summed E-state index contributed by atoms with van der Waals surface area (Å²) in [5.74, 6) is 0.817. The zero-order valence-corrected chi connectivity index (χ0v) is 10.7. The fraction of sp³-hybridized carbons (Fsp3) is 0.667. The number of nitrogens with one attached hydrogen (secondary N) is 1. The van der Waals surface area contributed by atoms with Gasteiger partial charge in [0.15, 0.2) is 0 Å². The highest BCUT2D eigenvalue weighted by atomic mass is 16.5. The molecule has 2 heterocycles. The lowest BCUT2D eigenvalue weighted by Crippen LogP contribution is -2.42. The zero-order chi connectivity index (χ0) is 12.3. The molecule has 1 aromatic rings. The highest BCUT2D eigenvalue weighted by molar-refractivity contribution is 5.33. The molecule has 0 radical (unpaired) electrons. The molecule has 1 atom stereocenters. The van der Waals surface area contributed by atoms with E-state index >= 15 is 0 Å². The molecule has 0 aliphatic carbocycles. The van der Waals surface area contributed by atoms with Crippen molar-refractivity contribution in [2.45, 2.75) is 26.5 Å². The van der Waals surface area contributed by atoms with Crippen LogP contribution in [0.5, 0.6) is 0 Å². The van der Waals surface area contributed by atoms with Crippen molar-refractivity contribution in [1.82, 2.24) is 15.3 Å². The van der Waals surface area contributed by atoms with Crippen molar-refractivity contribution in [2.24, 2.45) is 0 Å². The van der Waals surface area contributed by atoms with Gasteiger partial charge in [0.25, 0.3) is 0 Å². The van der Waals surface area contributed by atoms with E-state index in [0.717, 1.165) is 43.4 Å². The van der Waals surface area contributed by atoms with Gasteiger partial charge in [0.1, 0.15) is 0 Å². The van der Waals surface area contributed by atoms with Crippen LogP contribution < -0.4 is 10.2 Å². The van der Waals surface area contributed by atoms with Crippen LogP contribution in [0.1, 0.15) is 18.2 Å². The second-order valence-electron chi connectivity index (χ2n) is 4.44. The second kappa shape index (κ2) is 5.42. The molecule has 5 nitrogen and oxygen atoms in total. The summed E-state index contributed by atoms with van der Waals surface area (Å²) in [4.78, 5) is 11.2. The summed E-state index contributed by atoms with van der Waals surface area (Å²) in [6.07, 6.45) is 2.17. The number of rotatable bonds is 3. The number of anilines is 1. The molecule has 1 aromatic heterocycles. The van der Waals surface area contributed by atoms with E-state index in [9.17, 15) is 0 Å². The first-order valence-electron chi connectivity index (χ1n) is 6.04. The Morgan fingerprint density at radius 1 is 1.59 bits per heavy atom. The van der Waals surface area contributed by atoms with Crippen LogP contribution in [0, 0.1) is 6.92 Å². The SMILES string of the molecule is CNCc1cnc(N2CCOC(C)C2)nc1C. The maximum atomic E-state index is 5.51. The predicted octanol–water partition coefficient (Wildman–Crippen LogP) is 0.730. The van der Waals surface area contributed by atoms with Crippen molar-refractivity contribution in [3.8, 4) is 0 Å². The minimum Gasteiger partial charge on any atom is -0.375 e.